The zero-order valence-corrected chi connectivity index (χ0v) is 7.78. The number of rotatable bonds is 1. The molecule has 0 saturated heterocycles. The van der Waals surface area contributed by atoms with Gasteiger partial charge in [0, 0.05) is 18.7 Å². The fourth-order valence-corrected chi connectivity index (χ4v) is 1.83. The molecule has 4 nitrogen and oxygen atoms in total. The number of H-pyrrole nitrogens is 1. The average Bonchev–Trinajstić information content (AvgIpc) is 2.46. The Hall–Kier alpha value is -1.07. The Labute approximate surface area is 80.2 Å². The lowest BCUT2D eigenvalue weighted by atomic mass is 10.1. The molecular weight excluding hydrogens is 186 g/mol. The van der Waals surface area contributed by atoms with Gasteiger partial charge in [-0.15, -0.1) is 0 Å². The van der Waals surface area contributed by atoms with Crippen molar-refractivity contribution >= 4 is 18.0 Å². The van der Waals surface area contributed by atoms with Crippen LogP contribution in [0.4, 0.5) is 0 Å². The molecule has 0 aliphatic heterocycles. The van der Waals surface area contributed by atoms with Gasteiger partial charge in [0.1, 0.15) is 0 Å². The number of carbonyl (C=O) groups is 1. The van der Waals surface area contributed by atoms with Crippen molar-refractivity contribution in [3.8, 4) is 0 Å². The molecule has 3 N–H and O–H groups in total. The smallest absolute Gasteiger partial charge is 0.197 e. The second-order valence-corrected chi connectivity index (χ2v) is 3.36. The van der Waals surface area contributed by atoms with Crippen LogP contribution < -0.4 is 5.73 Å². The van der Waals surface area contributed by atoms with Gasteiger partial charge >= 0.3 is 0 Å². The molecule has 1 aromatic rings. The molecule has 1 aliphatic rings. The molecular formula is C8H9N3OS. The third-order valence-corrected chi connectivity index (χ3v) is 2.35. The Morgan fingerprint density at radius 1 is 1.54 bits per heavy atom. The lowest BCUT2D eigenvalue weighted by molar-refractivity contribution is 0.0993. The standard InChI is InChI=1S/C8H9N3OS/c9-3-5-7-4(1-2-6(7)12)10-8(13)11-5/h1-3,9H2,(H,10,11,13). The number of ketones is 1. The van der Waals surface area contributed by atoms with Crippen molar-refractivity contribution in [2.45, 2.75) is 19.4 Å². The van der Waals surface area contributed by atoms with Gasteiger partial charge in [0.05, 0.1) is 11.3 Å². The predicted molar refractivity (Wildman–Crippen MR) is 50.0 cm³/mol. The van der Waals surface area contributed by atoms with Crippen LogP contribution in [0.5, 0.6) is 0 Å². The monoisotopic (exact) mass is 195 g/mol. The molecule has 0 bridgehead atoms. The van der Waals surface area contributed by atoms with Crippen molar-refractivity contribution < 1.29 is 4.79 Å². The van der Waals surface area contributed by atoms with Crippen LogP contribution in [0.2, 0.25) is 0 Å². The lowest BCUT2D eigenvalue weighted by Crippen LogP contribution is -2.09. The van der Waals surface area contributed by atoms with Crippen LogP contribution in [-0.4, -0.2) is 15.8 Å². The van der Waals surface area contributed by atoms with Crippen molar-refractivity contribution in [3.05, 3.63) is 21.7 Å². The molecule has 0 spiro atoms. The summed E-state index contributed by atoms with van der Waals surface area (Å²) in [6, 6.07) is 0. The molecule has 0 amide bonds. The Morgan fingerprint density at radius 2 is 2.31 bits per heavy atom. The summed E-state index contributed by atoms with van der Waals surface area (Å²) in [4.78, 5) is 18.4. The lowest BCUT2D eigenvalue weighted by Gasteiger charge is -2.02. The number of fused-ring (bicyclic) bond motifs is 1. The van der Waals surface area contributed by atoms with E-state index in [9.17, 15) is 4.79 Å². The molecule has 5 heteroatoms. The fraction of sp³-hybridized carbons (Fsp3) is 0.375. The molecule has 13 heavy (non-hydrogen) atoms. The second-order valence-electron chi connectivity index (χ2n) is 2.97. The van der Waals surface area contributed by atoms with Crippen molar-refractivity contribution in [3.63, 3.8) is 0 Å². The largest absolute Gasteiger partial charge is 0.334 e. The molecule has 2 rings (SSSR count). The van der Waals surface area contributed by atoms with Crippen molar-refractivity contribution in [2.75, 3.05) is 0 Å². The summed E-state index contributed by atoms with van der Waals surface area (Å²) in [5, 5.41) is 0. The molecule has 0 aromatic carbocycles. The van der Waals surface area contributed by atoms with E-state index >= 15 is 0 Å². The molecule has 1 heterocycles. The highest BCUT2D eigenvalue weighted by molar-refractivity contribution is 7.71. The fourth-order valence-electron chi connectivity index (χ4n) is 1.60. The van der Waals surface area contributed by atoms with Crippen LogP contribution in [0.25, 0.3) is 0 Å². The minimum atomic E-state index is 0.120. The SMILES string of the molecule is NCc1nc(=S)[nH]c2c1C(=O)CC2. The number of aromatic amines is 1. The normalized spacial score (nSPS) is 14.7. The Morgan fingerprint density at radius 3 is 3.00 bits per heavy atom. The van der Waals surface area contributed by atoms with Gasteiger partial charge in [0.25, 0.3) is 0 Å². The molecule has 1 aromatic heterocycles. The van der Waals surface area contributed by atoms with Crippen LogP contribution in [0.3, 0.4) is 0 Å². The van der Waals surface area contributed by atoms with Gasteiger partial charge in [0.15, 0.2) is 10.6 Å². The zero-order valence-electron chi connectivity index (χ0n) is 6.96. The summed E-state index contributed by atoms with van der Waals surface area (Å²) in [7, 11) is 0. The molecule has 0 fully saturated rings. The maximum absolute atomic E-state index is 11.4. The van der Waals surface area contributed by atoms with Gasteiger partial charge in [-0.05, 0) is 18.6 Å². The quantitative estimate of drug-likeness (QED) is 0.648. The first-order chi connectivity index (χ1) is 6.22. The van der Waals surface area contributed by atoms with Crippen LogP contribution in [0.15, 0.2) is 0 Å². The summed E-state index contributed by atoms with van der Waals surface area (Å²) >= 11 is 4.91. The molecule has 68 valence electrons. The van der Waals surface area contributed by atoms with Gasteiger partial charge in [-0.2, -0.15) is 0 Å². The van der Waals surface area contributed by atoms with E-state index in [1.807, 2.05) is 0 Å². The summed E-state index contributed by atoms with van der Waals surface area (Å²) < 4.78 is 0.411. The molecule has 0 saturated carbocycles. The first-order valence-corrected chi connectivity index (χ1v) is 4.48. The van der Waals surface area contributed by atoms with Crippen LogP contribution >= 0.6 is 12.2 Å². The van der Waals surface area contributed by atoms with Crippen molar-refractivity contribution in [1.82, 2.24) is 9.97 Å². The number of nitrogens with zero attached hydrogens (tertiary/aromatic N) is 1. The average molecular weight is 195 g/mol. The number of Topliss-reactive ketones (excluding diaryl/α,β-unsaturated/α-hetero) is 1. The highest BCUT2D eigenvalue weighted by Crippen LogP contribution is 2.21. The van der Waals surface area contributed by atoms with E-state index in [1.54, 1.807) is 0 Å². The minimum Gasteiger partial charge on any atom is -0.334 e. The Kier molecular flexibility index (Phi) is 1.97. The Bertz CT molecular complexity index is 424. The predicted octanol–water partition coefficient (Wildman–Crippen LogP) is 0.727. The summed E-state index contributed by atoms with van der Waals surface area (Å²) in [6.45, 7) is 0.270. The van der Waals surface area contributed by atoms with Gasteiger partial charge in [-0.25, -0.2) is 4.98 Å². The van der Waals surface area contributed by atoms with Gasteiger partial charge in [0.2, 0.25) is 0 Å². The maximum atomic E-state index is 11.4. The first-order valence-electron chi connectivity index (χ1n) is 4.07. The zero-order chi connectivity index (χ0) is 9.42. The van der Waals surface area contributed by atoms with E-state index in [-0.39, 0.29) is 12.3 Å². The molecule has 0 unspecified atom stereocenters. The minimum absolute atomic E-state index is 0.120. The highest BCUT2D eigenvalue weighted by Gasteiger charge is 2.23. The third-order valence-electron chi connectivity index (χ3n) is 2.16. The number of carbonyl (C=O) groups excluding carboxylic acids is 1. The highest BCUT2D eigenvalue weighted by atomic mass is 32.1. The summed E-state index contributed by atoms with van der Waals surface area (Å²) in [6.07, 6.45) is 1.27. The first kappa shape index (κ1) is 8.52. The number of nitrogens with two attached hydrogens (primary N) is 1. The number of aryl methyl sites for hydroxylation is 1. The summed E-state index contributed by atoms with van der Waals surface area (Å²) in [5.41, 5.74) is 7.66. The van der Waals surface area contributed by atoms with Crippen molar-refractivity contribution in [2.24, 2.45) is 5.73 Å². The van der Waals surface area contributed by atoms with Crippen molar-refractivity contribution in [1.29, 1.82) is 0 Å². The topological polar surface area (TPSA) is 71.8 Å². The van der Waals surface area contributed by atoms with Crippen LogP contribution in [0.1, 0.15) is 28.2 Å². The number of hydrogen-bond donors (Lipinski definition) is 2. The van der Waals surface area contributed by atoms with E-state index in [1.165, 1.54) is 0 Å². The number of nitrogens with one attached hydrogen (secondary N) is 1. The summed E-state index contributed by atoms with van der Waals surface area (Å²) in [5.74, 6) is 0.120. The molecule has 1 aliphatic carbocycles. The maximum Gasteiger partial charge on any atom is 0.197 e. The van der Waals surface area contributed by atoms with E-state index in [0.29, 0.717) is 22.4 Å². The Balaban J connectivity index is 2.71. The molecule has 0 radical (unpaired) electrons. The van der Waals surface area contributed by atoms with E-state index < -0.39 is 0 Å². The van der Waals surface area contributed by atoms with E-state index in [0.717, 1.165) is 12.1 Å². The van der Waals surface area contributed by atoms with E-state index in [4.69, 9.17) is 18.0 Å². The van der Waals surface area contributed by atoms with Crippen LogP contribution in [0, 0.1) is 4.77 Å². The second kappa shape index (κ2) is 3.01. The number of aromatic nitrogens is 2. The number of hydrogen-bond acceptors (Lipinski definition) is 4. The van der Waals surface area contributed by atoms with E-state index in [2.05, 4.69) is 9.97 Å². The van der Waals surface area contributed by atoms with Gasteiger partial charge < -0.3 is 10.7 Å². The van der Waals surface area contributed by atoms with Gasteiger partial charge in [-0.3, -0.25) is 4.79 Å². The van der Waals surface area contributed by atoms with Crippen LogP contribution in [-0.2, 0) is 13.0 Å². The third kappa shape index (κ3) is 1.30. The molecule has 0 atom stereocenters. The van der Waals surface area contributed by atoms with Gasteiger partial charge in [-0.1, -0.05) is 0 Å².